The number of amides is 2. The molecule has 6 heteroatoms. The molecule has 6 nitrogen and oxygen atoms in total. The van der Waals surface area contributed by atoms with Crippen molar-refractivity contribution in [2.45, 2.75) is 52.4 Å². The Kier molecular flexibility index (Phi) is 8.61. The Bertz CT molecular complexity index is 303. The molecule has 0 spiro atoms. The molecular formula is C12H23N3O3. The van der Waals surface area contributed by atoms with E-state index in [4.69, 9.17) is 10.8 Å². The number of hydrogen-bond acceptors (Lipinski definition) is 3. The zero-order valence-electron chi connectivity index (χ0n) is 11.1. The number of unbranched alkanes of at least 4 members (excludes halogenated alkanes) is 1. The van der Waals surface area contributed by atoms with E-state index in [-0.39, 0.29) is 6.42 Å². The van der Waals surface area contributed by atoms with E-state index in [0.29, 0.717) is 18.8 Å². The van der Waals surface area contributed by atoms with Crippen LogP contribution in [0.2, 0.25) is 0 Å². The quantitative estimate of drug-likeness (QED) is 0.334. The van der Waals surface area contributed by atoms with Gasteiger partial charge < -0.3 is 10.8 Å². The number of hydrazone groups is 1. The number of hydrogen-bond donors (Lipinski definition) is 3. The summed E-state index contributed by atoms with van der Waals surface area (Å²) in [6.07, 6.45) is 4.06. The van der Waals surface area contributed by atoms with Crippen LogP contribution in [0.3, 0.4) is 0 Å². The molecule has 0 aliphatic carbocycles. The van der Waals surface area contributed by atoms with Crippen molar-refractivity contribution >= 4 is 17.7 Å². The van der Waals surface area contributed by atoms with Crippen LogP contribution in [0.25, 0.3) is 0 Å². The third kappa shape index (κ3) is 9.62. The smallest absolute Gasteiger partial charge is 0.332 e. The van der Waals surface area contributed by atoms with Crippen LogP contribution in [0, 0.1) is 5.92 Å². The lowest BCUT2D eigenvalue weighted by Gasteiger charge is -2.11. The molecule has 0 aliphatic rings. The van der Waals surface area contributed by atoms with Crippen molar-refractivity contribution in [3.63, 3.8) is 0 Å². The molecule has 0 rings (SSSR count). The largest absolute Gasteiger partial charge is 0.481 e. The van der Waals surface area contributed by atoms with Crippen molar-refractivity contribution < 1.29 is 14.7 Å². The number of primary amides is 1. The molecular weight excluding hydrogens is 234 g/mol. The van der Waals surface area contributed by atoms with Crippen LogP contribution < -0.4 is 11.2 Å². The van der Waals surface area contributed by atoms with E-state index in [2.05, 4.69) is 24.4 Å². The molecule has 1 atom stereocenters. The third-order valence-electron chi connectivity index (χ3n) is 2.71. The minimum absolute atomic E-state index is 0.167. The Morgan fingerprint density at radius 3 is 2.44 bits per heavy atom. The van der Waals surface area contributed by atoms with E-state index in [1.54, 1.807) is 0 Å². The van der Waals surface area contributed by atoms with Crippen LogP contribution in [-0.2, 0) is 4.79 Å². The molecule has 0 heterocycles. The van der Waals surface area contributed by atoms with Gasteiger partial charge in [-0.05, 0) is 31.6 Å². The molecule has 0 aromatic carbocycles. The zero-order valence-corrected chi connectivity index (χ0v) is 11.1. The first-order valence-corrected chi connectivity index (χ1v) is 6.28. The highest BCUT2D eigenvalue weighted by Gasteiger charge is 2.07. The second-order valence-electron chi connectivity index (χ2n) is 4.47. The molecule has 4 N–H and O–H groups in total. The number of aliphatic carboxylic acids is 1. The number of nitrogens with zero attached hydrogens (tertiary/aromatic N) is 1. The number of nitrogens with one attached hydrogen (secondary N) is 1. The Hall–Kier alpha value is -1.59. The van der Waals surface area contributed by atoms with Gasteiger partial charge in [0.05, 0.1) is 0 Å². The van der Waals surface area contributed by atoms with Crippen molar-refractivity contribution in [1.29, 1.82) is 0 Å². The number of rotatable bonds is 9. The van der Waals surface area contributed by atoms with Gasteiger partial charge in [-0.25, -0.2) is 10.2 Å². The molecule has 0 radical (unpaired) electrons. The average Bonchev–Trinajstić information content (AvgIpc) is 2.30. The zero-order chi connectivity index (χ0) is 14.0. The topological polar surface area (TPSA) is 105 Å². The first-order chi connectivity index (χ1) is 8.45. The number of nitrogens with two attached hydrogens (primary N) is 1. The van der Waals surface area contributed by atoms with Crippen LogP contribution in [0.4, 0.5) is 4.79 Å². The van der Waals surface area contributed by atoms with E-state index in [1.807, 2.05) is 0 Å². The second-order valence-corrected chi connectivity index (χ2v) is 4.47. The van der Waals surface area contributed by atoms with Crippen molar-refractivity contribution in [3.05, 3.63) is 0 Å². The molecule has 0 aromatic heterocycles. The summed E-state index contributed by atoms with van der Waals surface area (Å²) >= 11 is 0. The van der Waals surface area contributed by atoms with Crippen LogP contribution in [0.5, 0.6) is 0 Å². The van der Waals surface area contributed by atoms with Gasteiger partial charge in [-0.2, -0.15) is 5.10 Å². The summed E-state index contributed by atoms with van der Waals surface area (Å²) in [7, 11) is 0. The summed E-state index contributed by atoms with van der Waals surface area (Å²) < 4.78 is 0. The maximum Gasteiger partial charge on any atom is 0.332 e. The summed E-state index contributed by atoms with van der Waals surface area (Å²) in [4.78, 5) is 21.0. The molecule has 2 amide bonds. The van der Waals surface area contributed by atoms with Crippen LogP contribution in [0.1, 0.15) is 52.4 Å². The molecule has 18 heavy (non-hydrogen) atoms. The maximum absolute atomic E-state index is 10.6. The van der Waals surface area contributed by atoms with Crippen molar-refractivity contribution in [1.82, 2.24) is 5.43 Å². The van der Waals surface area contributed by atoms with Crippen molar-refractivity contribution in [2.75, 3.05) is 0 Å². The Morgan fingerprint density at radius 2 is 1.94 bits per heavy atom. The Balaban J connectivity index is 4.16. The fourth-order valence-electron chi connectivity index (χ4n) is 1.49. The molecule has 0 saturated carbocycles. The van der Waals surface area contributed by atoms with Crippen LogP contribution in [0.15, 0.2) is 5.10 Å². The van der Waals surface area contributed by atoms with Crippen molar-refractivity contribution in [3.8, 4) is 0 Å². The number of carboxylic acids is 1. The fraction of sp³-hybridized carbons (Fsp3) is 0.750. The highest BCUT2D eigenvalue weighted by molar-refractivity contribution is 5.86. The molecule has 0 aromatic rings. The summed E-state index contributed by atoms with van der Waals surface area (Å²) in [5.74, 6) is -0.302. The van der Waals surface area contributed by atoms with Gasteiger partial charge in [0.15, 0.2) is 0 Å². The van der Waals surface area contributed by atoms with Gasteiger partial charge in [0.25, 0.3) is 0 Å². The van der Waals surface area contributed by atoms with E-state index >= 15 is 0 Å². The van der Waals surface area contributed by atoms with Crippen molar-refractivity contribution in [2.24, 2.45) is 16.8 Å². The van der Waals surface area contributed by atoms with Crippen LogP contribution >= 0.6 is 0 Å². The predicted molar refractivity (Wildman–Crippen MR) is 70.3 cm³/mol. The number of carbonyl (C=O) groups excluding carboxylic acids is 1. The lowest BCUT2D eigenvalue weighted by atomic mass is 9.98. The SMILES string of the molecule is CCC(C)C/C(CCCCC(=O)O)=N\NC(N)=O. The van der Waals surface area contributed by atoms with E-state index in [1.165, 1.54) is 0 Å². The first kappa shape index (κ1) is 16.4. The first-order valence-electron chi connectivity index (χ1n) is 6.28. The summed E-state index contributed by atoms with van der Waals surface area (Å²) in [6, 6.07) is -0.679. The second kappa shape index (κ2) is 9.44. The highest BCUT2D eigenvalue weighted by Crippen LogP contribution is 2.12. The Labute approximate surface area is 108 Å². The lowest BCUT2D eigenvalue weighted by Crippen LogP contribution is -2.26. The minimum atomic E-state index is -0.786. The summed E-state index contributed by atoms with van der Waals surface area (Å²) in [5.41, 5.74) is 8.07. The molecule has 0 aliphatic heterocycles. The predicted octanol–water partition coefficient (Wildman–Crippen LogP) is 2.09. The van der Waals surface area contributed by atoms with E-state index in [0.717, 1.165) is 25.0 Å². The molecule has 104 valence electrons. The Morgan fingerprint density at radius 1 is 1.33 bits per heavy atom. The normalized spacial score (nSPS) is 13.1. The van der Waals surface area contributed by atoms with Gasteiger partial charge in [-0.3, -0.25) is 4.79 Å². The molecule has 0 bridgehead atoms. The molecule has 0 fully saturated rings. The number of urea groups is 1. The van der Waals surface area contributed by atoms with Crippen LogP contribution in [-0.4, -0.2) is 22.8 Å². The summed E-state index contributed by atoms with van der Waals surface area (Å²) in [5, 5.41) is 12.5. The minimum Gasteiger partial charge on any atom is -0.481 e. The number of carboxylic acid groups (broad SMARTS) is 1. The van der Waals surface area contributed by atoms with Gasteiger partial charge in [-0.15, -0.1) is 0 Å². The number of carbonyl (C=O) groups is 2. The van der Waals surface area contributed by atoms with Gasteiger partial charge in [0, 0.05) is 12.1 Å². The highest BCUT2D eigenvalue weighted by atomic mass is 16.4. The van der Waals surface area contributed by atoms with Gasteiger partial charge in [-0.1, -0.05) is 20.3 Å². The van der Waals surface area contributed by atoms with Gasteiger partial charge in [0.2, 0.25) is 0 Å². The van der Waals surface area contributed by atoms with E-state index < -0.39 is 12.0 Å². The van der Waals surface area contributed by atoms with Gasteiger partial charge >= 0.3 is 12.0 Å². The average molecular weight is 257 g/mol. The van der Waals surface area contributed by atoms with Gasteiger partial charge in [0.1, 0.15) is 0 Å². The van der Waals surface area contributed by atoms with E-state index in [9.17, 15) is 9.59 Å². The standard InChI is InChI=1S/C12H23N3O3/c1-3-9(2)8-10(14-15-12(13)18)6-4-5-7-11(16)17/h9H,3-8H2,1-2H3,(H,16,17)(H3,13,15,18)/b14-10-. The lowest BCUT2D eigenvalue weighted by molar-refractivity contribution is -0.137. The molecule has 1 unspecified atom stereocenters. The fourth-order valence-corrected chi connectivity index (χ4v) is 1.49. The summed E-state index contributed by atoms with van der Waals surface area (Å²) in [6.45, 7) is 4.20. The third-order valence-corrected chi connectivity index (χ3v) is 2.71. The monoisotopic (exact) mass is 257 g/mol. The maximum atomic E-state index is 10.6. The molecule has 0 saturated heterocycles.